The predicted molar refractivity (Wildman–Crippen MR) is 132 cm³/mol. The summed E-state index contributed by atoms with van der Waals surface area (Å²) in [5, 5.41) is 3.42. The Morgan fingerprint density at radius 1 is 1.11 bits per heavy atom. The topological polar surface area (TPSA) is 51.2 Å². The summed E-state index contributed by atoms with van der Waals surface area (Å²) in [6, 6.07) is 0. The zero-order chi connectivity index (χ0) is 19.6. The highest BCUT2D eigenvalue weighted by Gasteiger charge is 2.27. The Balaban J connectivity index is 0.00000392. The zero-order valence-corrected chi connectivity index (χ0v) is 21.3. The Bertz CT molecular complexity index is 475. The van der Waals surface area contributed by atoms with Gasteiger partial charge in [-0.3, -0.25) is 14.7 Å². The number of hydrogen-bond donors (Lipinski definition) is 1. The number of halogens is 1. The number of carbonyl (C=O) groups is 1. The van der Waals surface area contributed by atoms with Crippen molar-refractivity contribution in [2.75, 3.05) is 70.9 Å². The lowest BCUT2D eigenvalue weighted by molar-refractivity contribution is -0.135. The highest BCUT2D eigenvalue weighted by molar-refractivity contribution is 14.0. The molecule has 0 aromatic rings. The van der Waals surface area contributed by atoms with E-state index in [9.17, 15) is 4.79 Å². The average Bonchev–Trinajstić information content (AvgIpc) is 2.64. The maximum Gasteiger partial charge on any atom is 0.236 e. The van der Waals surface area contributed by atoms with E-state index >= 15 is 0 Å². The third-order valence-corrected chi connectivity index (χ3v) is 6.05. The summed E-state index contributed by atoms with van der Waals surface area (Å²) < 4.78 is 0. The van der Waals surface area contributed by atoms with Crippen LogP contribution in [0.3, 0.4) is 0 Å². The lowest BCUT2D eigenvalue weighted by Gasteiger charge is -2.39. The number of amides is 1. The minimum atomic E-state index is 0. The van der Waals surface area contributed by atoms with Crippen molar-refractivity contribution in [3.05, 3.63) is 0 Å². The molecule has 6 nitrogen and oxygen atoms in total. The Morgan fingerprint density at radius 2 is 1.75 bits per heavy atom. The highest BCUT2D eigenvalue weighted by atomic mass is 127. The average molecular weight is 526 g/mol. The van der Waals surface area contributed by atoms with E-state index < -0.39 is 0 Å². The molecule has 0 aromatic heterocycles. The summed E-state index contributed by atoms with van der Waals surface area (Å²) in [4.78, 5) is 24.2. The highest BCUT2D eigenvalue weighted by Crippen LogP contribution is 2.21. The van der Waals surface area contributed by atoms with E-state index in [-0.39, 0.29) is 24.0 Å². The molecule has 1 amide bonds. The first-order valence-electron chi connectivity index (χ1n) is 10.6. The van der Waals surface area contributed by atoms with Gasteiger partial charge in [0.1, 0.15) is 0 Å². The molecule has 2 atom stereocenters. The summed E-state index contributed by atoms with van der Waals surface area (Å²) in [7, 11) is 0. The van der Waals surface area contributed by atoms with Gasteiger partial charge in [-0.2, -0.15) is 11.8 Å². The van der Waals surface area contributed by atoms with E-state index in [0.29, 0.717) is 24.3 Å². The summed E-state index contributed by atoms with van der Waals surface area (Å²) >= 11 is 1.87. The first-order chi connectivity index (χ1) is 13.0. The molecule has 8 heteroatoms. The van der Waals surface area contributed by atoms with E-state index in [0.717, 1.165) is 70.5 Å². The number of aliphatic imine (C=N–C) groups is 1. The number of likely N-dealkylation sites (tertiary alicyclic amines) is 1. The van der Waals surface area contributed by atoms with Crippen LogP contribution in [0.25, 0.3) is 0 Å². The van der Waals surface area contributed by atoms with Crippen LogP contribution in [0, 0.1) is 11.8 Å². The van der Waals surface area contributed by atoms with Gasteiger partial charge in [-0.1, -0.05) is 13.8 Å². The molecule has 0 aliphatic carbocycles. The lowest BCUT2D eigenvalue weighted by Crippen LogP contribution is -2.55. The molecular weight excluding hydrogens is 485 g/mol. The summed E-state index contributed by atoms with van der Waals surface area (Å²) in [5.41, 5.74) is 0. The third-order valence-electron chi connectivity index (χ3n) is 5.36. The van der Waals surface area contributed by atoms with Crippen molar-refractivity contribution in [2.45, 2.75) is 33.6 Å². The van der Waals surface area contributed by atoms with Gasteiger partial charge < -0.3 is 15.1 Å². The van der Waals surface area contributed by atoms with Crippen LogP contribution in [-0.2, 0) is 4.79 Å². The quantitative estimate of drug-likeness (QED) is 0.240. The second-order valence-electron chi connectivity index (χ2n) is 8.09. The van der Waals surface area contributed by atoms with Crippen molar-refractivity contribution in [3.8, 4) is 0 Å². The Morgan fingerprint density at radius 3 is 2.32 bits per heavy atom. The van der Waals surface area contributed by atoms with Crippen LogP contribution in [0.15, 0.2) is 4.99 Å². The van der Waals surface area contributed by atoms with Crippen LogP contribution in [0.1, 0.15) is 33.6 Å². The molecule has 2 rings (SSSR count). The van der Waals surface area contributed by atoms with Gasteiger partial charge in [0, 0.05) is 52.4 Å². The predicted octanol–water partition coefficient (Wildman–Crippen LogP) is 2.45. The summed E-state index contributed by atoms with van der Waals surface area (Å²) in [6.07, 6.45) is 4.50. The SMILES string of the molecule is CCNC(=NCCCSC)N1CCN(CC(=O)N2CC(C)CC(C)C2)CC1.I. The van der Waals surface area contributed by atoms with E-state index in [1.54, 1.807) is 0 Å². The molecule has 0 aromatic carbocycles. The summed E-state index contributed by atoms with van der Waals surface area (Å²) in [5.74, 6) is 3.74. The molecule has 28 heavy (non-hydrogen) atoms. The normalized spacial score (nSPS) is 24.1. The standard InChI is InChI=1S/C20H39N5OS.HI/c1-5-21-20(22-7-6-12-27-4)24-10-8-23(9-11-24)16-19(26)25-14-17(2)13-18(3)15-25;/h17-18H,5-16H2,1-4H3,(H,21,22);1H. The lowest BCUT2D eigenvalue weighted by atomic mass is 9.92. The van der Waals surface area contributed by atoms with E-state index in [4.69, 9.17) is 4.99 Å². The molecule has 2 heterocycles. The second kappa shape index (κ2) is 13.9. The van der Waals surface area contributed by atoms with Crippen LogP contribution in [0.5, 0.6) is 0 Å². The maximum absolute atomic E-state index is 12.7. The number of thioether (sulfide) groups is 1. The molecule has 2 saturated heterocycles. The van der Waals surface area contributed by atoms with Gasteiger partial charge in [0.15, 0.2) is 5.96 Å². The van der Waals surface area contributed by atoms with Crippen molar-refractivity contribution >= 4 is 47.6 Å². The maximum atomic E-state index is 12.7. The number of piperidine rings is 1. The van der Waals surface area contributed by atoms with E-state index in [1.165, 1.54) is 6.42 Å². The molecule has 164 valence electrons. The van der Waals surface area contributed by atoms with Crippen molar-refractivity contribution in [1.29, 1.82) is 0 Å². The molecule has 2 unspecified atom stereocenters. The smallest absolute Gasteiger partial charge is 0.236 e. The first-order valence-corrected chi connectivity index (χ1v) is 11.9. The molecule has 0 bridgehead atoms. The molecule has 2 aliphatic rings. The number of nitrogens with zero attached hydrogens (tertiary/aromatic N) is 4. The minimum Gasteiger partial charge on any atom is -0.357 e. The van der Waals surface area contributed by atoms with Crippen molar-refractivity contribution in [2.24, 2.45) is 16.8 Å². The molecular formula is C20H40IN5OS. The number of carbonyl (C=O) groups excluding carboxylic acids is 1. The first kappa shape index (κ1) is 25.8. The summed E-state index contributed by atoms with van der Waals surface area (Å²) in [6.45, 7) is 14.6. The largest absolute Gasteiger partial charge is 0.357 e. The van der Waals surface area contributed by atoms with Crippen LogP contribution >= 0.6 is 35.7 Å². The van der Waals surface area contributed by atoms with Crippen molar-refractivity contribution in [1.82, 2.24) is 20.0 Å². The monoisotopic (exact) mass is 525 g/mol. The Labute approximate surface area is 193 Å². The molecule has 2 fully saturated rings. The molecule has 0 spiro atoms. The minimum absolute atomic E-state index is 0. The molecule has 2 aliphatic heterocycles. The number of rotatable bonds is 7. The van der Waals surface area contributed by atoms with Gasteiger partial charge in [0.05, 0.1) is 6.54 Å². The van der Waals surface area contributed by atoms with Crippen LogP contribution < -0.4 is 5.32 Å². The molecule has 1 N–H and O–H groups in total. The van der Waals surface area contributed by atoms with Crippen LogP contribution in [-0.4, -0.2) is 97.5 Å². The number of guanidine groups is 1. The third kappa shape index (κ3) is 8.65. The van der Waals surface area contributed by atoms with Gasteiger partial charge in [0.2, 0.25) is 5.91 Å². The van der Waals surface area contributed by atoms with E-state index in [2.05, 4.69) is 47.0 Å². The number of piperazine rings is 1. The van der Waals surface area contributed by atoms with Crippen LogP contribution in [0.2, 0.25) is 0 Å². The molecule has 0 saturated carbocycles. The zero-order valence-electron chi connectivity index (χ0n) is 18.2. The second-order valence-corrected chi connectivity index (χ2v) is 9.08. The fraction of sp³-hybridized carbons (Fsp3) is 0.900. The number of hydrogen-bond acceptors (Lipinski definition) is 4. The van der Waals surface area contributed by atoms with Crippen molar-refractivity contribution < 1.29 is 4.79 Å². The Hall–Kier alpha value is -0.220. The van der Waals surface area contributed by atoms with Gasteiger partial charge >= 0.3 is 0 Å². The molecule has 0 radical (unpaired) electrons. The van der Waals surface area contributed by atoms with Crippen LogP contribution in [0.4, 0.5) is 0 Å². The van der Waals surface area contributed by atoms with E-state index in [1.807, 2.05) is 11.8 Å². The van der Waals surface area contributed by atoms with Gasteiger partial charge in [-0.05, 0) is 43.6 Å². The number of nitrogens with one attached hydrogen (secondary N) is 1. The fourth-order valence-electron chi connectivity index (χ4n) is 4.10. The van der Waals surface area contributed by atoms with Gasteiger partial charge in [-0.25, -0.2) is 0 Å². The van der Waals surface area contributed by atoms with Gasteiger partial charge in [-0.15, -0.1) is 24.0 Å². The van der Waals surface area contributed by atoms with Crippen molar-refractivity contribution in [3.63, 3.8) is 0 Å². The fourth-order valence-corrected chi connectivity index (χ4v) is 4.51. The van der Waals surface area contributed by atoms with Gasteiger partial charge in [0.25, 0.3) is 0 Å². The Kier molecular flexibility index (Phi) is 12.8.